The third-order valence-electron chi connectivity index (χ3n) is 4.18. The molecular weight excluding hydrogens is 282 g/mol. The molecule has 4 heteroatoms. The molecule has 3 atom stereocenters. The van der Waals surface area contributed by atoms with Crippen molar-refractivity contribution in [2.24, 2.45) is 11.8 Å². The molecule has 0 radical (unpaired) electrons. The summed E-state index contributed by atoms with van der Waals surface area (Å²) < 4.78 is 0. The number of hydrogen-bond donors (Lipinski definition) is 1. The van der Waals surface area contributed by atoms with E-state index >= 15 is 0 Å². The Labute approximate surface area is 131 Å². The number of carbonyl (C=O) groups excluding carboxylic acids is 1. The molecule has 2 rings (SSSR count). The Morgan fingerprint density at radius 3 is 2.95 bits per heavy atom. The fourth-order valence-electron chi connectivity index (χ4n) is 2.90. The van der Waals surface area contributed by atoms with E-state index in [1.165, 1.54) is 17.8 Å². The predicted octanol–water partition coefficient (Wildman–Crippen LogP) is 2.99. The number of amides is 1. The molecule has 2 heterocycles. The van der Waals surface area contributed by atoms with Crippen molar-refractivity contribution >= 4 is 17.2 Å². The van der Waals surface area contributed by atoms with Gasteiger partial charge in [0.15, 0.2) is 0 Å². The Kier molecular flexibility index (Phi) is 5.44. The molecule has 1 aromatic rings. The third kappa shape index (κ3) is 3.66. The third-order valence-corrected chi connectivity index (χ3v) is 5.08. The lowest BCUT2D eigenvalue weighted by atomic mass is 9.86. The molecule has 0 spiro atoms. The number of rotatable bonds is 2. The molecule has 0 aromatic carbocycles. The number of aliphatic hydroxyl groups excluding tert-OH is 1. The van der Waals surface area contributed by atoms with E-state index in [4.69, 9.17) is 5.11 Å². The van der Waals surface area contributed by atoms with Crippen LogP contribution in [0.2, 0.25) is 0 Å². The van der Waals surface area contributed by atoms with Crippen LogP contribution in [0.15, 0.2) is 11.4 Å². The number of aliphatic hydroxyl groups is 1. The van der Waals surface area contributed by atoms with Crippen LogP contribution in [0, 0.1) is 23.7 Å². The zero-order chi connectivity index (χ0) is 15.4. The van der Waals surface area contributed by atoms with Gasteiger partial charge in [0.2, 0.25) is 0 Å². The summed E-state index contributed by atoms with van der Waals surface area (Å²) in [5.74, 6) is 7.08. The van der Waals surface area contributed by atoms with Crippen molar-refractivity contribution in [2.45, 2.75) is 39.7 Å². The number of likely N-dealkylation sites (tertiary alicyclic amines) is 1. The molecule has 0 aliphatic carbocycles. The largest absolute Gasteiger partial charge is 0.395 e. The fourth-order valence-corrected chi connectivity index (χ4v) is 3.70. The zero-order valence-corrected chi connectivity index (χ0v) is 13.7. The number of carbonyl (C=O) groups is 1. The van der Waals surface area contributed by atoms with Crippen LogP contribution < -0.4 is 0 Å². The number of thiophene rings is 1. The Bertz CT molecular complexity index is 555. The fraction of sp³-hybridized carbons (Fsp3) is 0.588. The van der Waals surface area contributed by atoms with Crippen molar-refractivity contribution < 1.29 is 9.90 Å². The van der Waals surface area contributed by atoms with Gasteiger partial charge in [0.25, 0.3) is 5.91 Å². The second kappa shape index (κ2) is 7.11. The first-order valence-electron chi connectivity index (χ1n) is 7.52. The zero-order valence-electron chi connectivity index (χ0n) is 12.9. The summed E-state index contributed by atoms with van der Waals surface area (Å²) in [5, 5.41) is 10.7. The molecule has 1 saturated heterocycles. The van der Waals surface area contributed by atoms with Gasteiger partial charge < -0.3 is 10.0 Å². The Balaban J connectivity index is 2.20. The van der Waals surface area contributed by atoms with E-state index in [9.17, 15) is 4.79 Å². The quantitative estimate of drug-likeness (QED) is 0.853. The summed E-state index contributed by atoms with van der Waals surface area (Å²) >= 11 is 1.46. The molecule has 0 bridgehead atoms. The van der Waals surface area contributed by atoms with Crippen molar-refractivity contribution in [3.05, 3.63) is 21.9 Å². The summed E-state index contributed by atoms with van der Waals surface area (Å²) in [4.78, 5) is 15.6. The molecule has 1 N–H and O–H groups in total. The average Bonchev–Trinajstić information content (AvgIpc) is 2.91. The topological polar surface area (TPSA) is 40.5 Å². The Morgan fingerprint density at radius 2 is 2.24 bits per heavy atom. The molecule has 114 valence electrons. The van der Waals surface area contributed by atoms with Gasteiger partial charge in [-0.2, -0.15) is 0 Å². The minimum Gasteiger partial charge on any atom is -0.395 e. The van der Waals surface area contributed by atoms with Gasteiger partial charge in [-0.1, -0.05) is 25.7 Å². The highest BCUT2D eigenvalue weighted by Crippen LogP contribution is 2.29. The van der Waals surface area contributed by atoms with Crippen LogP contribution in [0.3, 0.4) is 0 Å². The highest BCUT2D eigenvalue weighted by molar-refractivity contribution is 7.12. The highest BCUT2D eigenvalue weighted by atomic mass is 32.1. The Morgan fingerprint density at radius 1 is 1.48 bits per heavy atom. The summed E-state index contributed by atoms with van der Waals surface area (Å²) in [5.41, 5.74) is 0.788. The average molecular weight is 305 g/mol. The van der Waals surface area contributed by atoms with Gasteiger partial charge in [-0.3, -0.25) is 4.79 Å². The highest BCUT2D eigenvalue weighted by Gasteiger charge is 2.33. The van der Waals surface area contributed by atoms with Crippen molar-refractivity contribution in [2.75, 3.05) is 13.2 Å². The second-order valence-corrected chi connectivity index (χ2v) is 6.87. The molecule has 3 nitrogen and oxygen atoms in total. The van der Waals surface area contributed by atoms with E-state index in [1.54, 1.807) is 0 Å². The standard InChI is InChI=1S/C17H23NO2S/c1-12-10-13(2)14(3)18(11-12)17(20)16-15(7-9-21-16)6-4-5-8-19/h7,9,12-14,19H,5,8,10-11H2,1-3H3. The van der Waals surface area contributed by atoms with Crippen LogP contribution in [0.5, 0.6) is 0 Å². The maximum atomic E-state index is 12.8. The van der Waals surface area contributed by atoms with Crippen molar-refractivity contribution in [3.8, 4) is 11.8 Å². The first-order chi connectivity index (χ1) is 10.0. The lowest BCUT2D eigenvalue weighted by molar-refractivity contribution is 0.0460. The van der Waals surface area contributed by atoms with Gasteiger partial charge in [0.05, 0.1) is 6.61 Å². The summed E-state index contributed by atoms with van der Waals surface area (Å²) in [6.45, 7) is 7.44. The molecule has 1 aromatic heterocycles. The van der Waals surface area contributed by atoms with Gasteiger partial charge in [-0.15, -0.1) is 11.3 Å². The summed E-state index contributed by atoms with van der Waals surface area (Å²) in [6.07, 6.45) is 1.62. The number of hydrogen-bond acceptors (Lipinski definition) is 3. The SMILES string of the molecule is CC1CC(C)C(C)N(C(=O)c2sccc2C#CCCO)C1. The molecular formula is C17H23NO2S. The first kappa shape index (κ1) is 16.1. The van der Waals surface area contributed by atoms with Gasteiger partial charge in [0.1, 0.15) is 4.88 Å². The minimum atomic E-state index is 0.0542. The second-order valence-electron chi connectivity index (χ2n) is 5.96. The molecule has 1 fully saturated rings. The molecule has 1 amide bonds. The number of piperidine rings is 1. The molecule has 21 heavy (non-hydrogen) atoms. The van der Waals surface area contributed by atoms with Crippen LogP contribution in [0.25, 0.3) is 0 Å². The van der Waals surface area contributed by atoms with Crippen LogP contribution in [0.1, 0.15) is 48.8 Å². The smallest absolute Gasteiger partial charge is 0.265 e. The van der Waals surface area contributed by atoms with Gasteiger partial charge in [0, 0.05) is 24.6 Å². The molecule has 1 aliphatic heterocycles. The Hall–Kier alpha value is -1.31. The van der Waals surface area contributed by atoms with Crippen LogP contribution in [0.4, 0.5) is 0 Å². The maximum Gasteiger partial charge on any atom is 0.265 e. The van der Waals surface area contributed by atoms with Gasteiger partial charge in [-0.05, 0) is 36.6 Å². The lowest BCUT2D eigenvalue weighted by Gasteiger charge is -2.41. The van der Waals surface area contributed by atoms with E-state index in [0.29, 0.717) is 18.3 Å². The van der Waals surface area contributed by atoms with E-state index in [2.05, 4.69) is 32.6 Å². The first-order valence-corrected chi connectivity index (χ1v) is 8.40. The maximum absolute atomic E-state index is 12.8. The predicted molar refractivity (Wildman–Crippen MR) is 86.3 cm³/mol. The van der Waals surface area contributed by atoms with Crippen molar-refractivity contribution in [1.29, 1.82) is 0 Å². The van der Waals surface area contributed by atoms with E-state index < -0.39 is 0 Å². The lowest BCUT2D eigenvalue weighted by Crippen LogP contribution is -2.48. The van der Waals surface area contributed by atoms with Gasteiger partial charge in [-0.25, -0.2) is 0 Å². The van der Waals surface area contributed by atoms with E-state index in [1.807, 2.05) is 16.3 Å². The van der Waals surface area contributed by atoms with Crippen LogP contribution in [-0.2, 0) is 0 Å². The van der Waals surface area contributed by atoms with E-state index in [0.717, 1.165) is 17.0 Å². The van der Waals surface area contributed by atoms with Crippen molar-refractivity contribution in [3.63, 3.8) is 0 Å². The summed E-state index contributed by atoms with van der Waals surface area (Å²) in [7, 11) is 0. The summed E-state index contributed by atoms with van der Waals surface area (Å²) in [6, 6.07) is 2.16. The molecule has 0 saturated carbocycles. The number of nitrogens with zero attached hydrogens (tertiary/aromatic N) is 1. The monoisotopic (exact) mass is 305 g/mol. The van der Waals surface area contributed by atoms with Crippen LogP contribution in [-0.4, -0.2) is 35.1 Å². The molecule has 1 aliphatic rings. The van der Waals surface area contributed by atoms with Gasteiger partial charge >= 0.3 is 0 Å². The van der Waals surface area contributed by atoms with Crippen molar-refractivity contribution in [1.82, 2.24) is 4.90 Å². The minimum absolute atomic E-state index is 0.0542. The van der Waals surface area contributed by atoms with Crippen LogP contribution >= 0.6 is 11.3 Å². The van der Waals surface area contributed by atoms with E-state index in [-0.39, 0.29) is 18.6 Å². The normalized spacial score (nSPS) is 25.3. The molecule has 3 unspecified atom stereocenters.